The maximum Gasteiger partial charge on any atom is 0.0604 e. The maximum atomic E-state index is 9.62. The summed E-state index contributed by atoms with van der Waals surface area (Å²) in [6, 6.07) is 8.73. The molecule has 0 amide bonds. The Kier molecular flexibility index (Phi) is 4.16. The Labute approximate surface area is 116 Å². The van der Waals surface area contributed by atoms with Gasteiger partial charge in [0.2, 0.25) is 0 Å². The summed E-state index contributed by atoms with van der Waals surface area (Å²) in [6.07, 6.45) is 0. The molecule has 3 heteroatoms. The first-order valence-corrected chi connectivity index (χ1v) is 7.04. The summed E-state index contributed by atoms with van der Waals surface area (Å²) in [5.41, 5.74) is 2.82. The smallest absolute Gasteiger partial charge is 0.0604 e. The van der Waals surface area contributed by atoms with Crippen LogP contribution in [-0.4, -0.2) is 49.3 Å². The van der Waals surface area contributed by atoms with E-state index in [9.17, 15) is 5.11 Å². The second kappa shape index (κ2) is 5.51. The van der Waals surface area contributed by atoms with Gasteiger partial charge in [-0.1, -0.05) is 32.0 Å². The highest BCUT2D eigenvalue weighted by atomic mass is 16.3. The van der Waals surface area contributed by atoms with E-state index >= 15 is 0 Å². The number of aliphatic hydroxyl groups is 1. The number of likely N-dealkylation sites (N-methyl/N-ethyl adjacent to an activating group) is 1. The van der Waals surface area contributed by atoms with Crippen LogP contribution in [0.3, 0.4) is 0 Å². The Balaban J connectivity index is 2.31. The lowest BCUT2D eigenvalue weighted by Gasteiger charge is -2.32. The van der Waals surface area contributed by atoms with Gasteiger partial charge in [-0.3, -0.25) is 4.90 Å². The van der Waals surface area contributed by atoms with Crippen molar-refractivity contribution in [3.8, 4) is 0 Å². The number of benzene rings is 1. The van der Waals surface area contributed by atoms with Crippen molar-refractivity contribution in [2.45, 2.75) is 26.8 Å². The van der Waals surface area contributed by atoms with Crippen LogP contribution >= 0.6 is 0 Å². The highest BCUT2D eigenvalue weighted by Crippen LogP contribution is 2.29. The van der Waals surface area contributed by atoms with Crippen LogP contribution in [0.25, 0.3) is 0 Å². The Morgan fingerprint density at radius 3 is 2.58 bits per heavy atom. The first kappa shape index (κ1) is 14.4. The van der Waals surface area contributed by atoms with Gasteiger partial charge in [-0.05, 0) is 31.0 Å². The fourth-order valence-electron chi connectivity index (χ4n) is 3.13. The standard InChI is InChI=1S/C16H26N2O/c1-13-7-5-6-8-15(13)18-9-14(10-19)17(4)11-16(2,3)12-18/h5-8,14,19H,9-12H2,1-4H3. The molecule has 0 radical (unpaired) electrons. The van der Waals surface area contributed by atoms with Crippen LogP contribution in [0, 0.1) is 12.3 Å². The third-order valence-corrected chi connectivity index (χ3v) is 4.02. The molecule has 0 bridgehead atoms. The van der Waals surface area contributed by atoms with E-state index in [4.69, 9.17) is 0 Å². The second-order valence-corrected chi connectivity index (χ2v) is 6.58. The van der Waals surface area contributed by atoms with Crippen LogP contribution in [0.1, 0.15) is 19.4 Å². The van der Waals surface area contributed by atoms with Crippen molar-refractivity contribution in [1.82, 2.24) is 4.90 Å². The molecule has 0 aliphatic carbocycles. The molecule has 106 valence electrons. The van der Waals surface area contributed by atoms with Crippen LogP contribution in [0.15, 0.2) is 24.3 Å². The number of nitrogens with zero attached hydrogens (tertiary/aromatic N) is 2. The molecule has 0 aromatic heterocycles. The molecule has 1 unspecified atom stereocenters. The number of rotatable bonds is 2. The lowest BCUT2D eigenvalue weighted by Crippen LogP contribution is -2.41. The third kappa shape index (κ3) is 3.28. The summed E-state index contributed by atoms with van der Waals surface area (Å²) in [5, 5.41) is 9.62. The van der Waals surface area contributed by atoms with Crippen LogP contribution in [0.5, 0.6) is 0 Å². The first-order chi connectivity index (χ1) is 8.93. The largest absolute Gasteiger partial charge is 0.395 e. The second-order valence-electron chi connectivity index (χ2n) is 6.58. The molecule has 1 aliphatic rings. The van der Waals surface area contributed by atoms with Gasteiger partial charge >= 0.3 is 0 Å². The van der Waals surface area contributed by atoms with Gasteiger partial charge in [0.25, 0.3) is 0 Å². The van der Waals surface area contributed by atoms with Gasteiger partial charge < -0.3 is 10.0 Å². The topological polar surface area (TPSA) is 26.7 Å². The maximum absolute atomic E-state index is 9.62. The molecule has 0 saturated carbocycles. The Morgan fingerprint density at radius 1 is 1.26 bits per heavy atom. The summed E-state index contributed by atoms with van der Waals surface area (Å²) in [4.78, 5) is 4.72. The number of aliphatic hydroxyl groups excluding tert-OH is 1. The van der Waals surface area contributed by atoms with E-state index in [1.807, 2.05) is 0 Å². The molecule has 3 nitrogen and oxygen atoms in total. The highest BCUT2D eigenvalue weighted by molar-refractivity contribution is 5.53. The predicted molar refractivity (Wildman–Crippen MR) is 80.7 cm³/mol. The number of para-hydroxylation sites is 1. The van der Waals surface area contributed by atoms with Crippen molar-refractivity contribution in [3.05, 3.63) is 29.8 Å². The summed E-state index contributed by atoms with van der Waals surface area (Å²) in [5.74, 6) is 0. The molecule has 2 rings (SSSR count). The van der Waals surface area contributed by atoms with E-state index in [-0.39, 0.29) is 18.1 Å². The lowest BCUT2D eigenvalue weighted by molar-refractivity contribution is 0.133. The molecule has 1 fully saturated rings. The Bertz CT molecular complexity index is 431. The fraction of sp³-hybridized carbons (Fsp3) is 0.625. The lowest BCUT2D eigenvalue weighted by atomic mass is 9.92. The van der Waals surface area contributed by atoms with Crippen molar-refractivity contribution in [2.75, 3.05) is 38.2 Å². The normalized spacial score (nSPS) is 24.3. The van der Waals surface area contributed by atoms with Crippen molar-refractivity contribution in [3.63, 3.8) is 0 Å². The molecule has 19 heavy (non-hydrogen) atoms. The van der Waals surface area contributed by atoms with Crippen molar-refractivity contribution < 1.29 is 5.11 Å². The van der Waals surface area contributed by atoms with E-state index in [1.54, 1.807) is 0 Å². The number of aryl methyl sites for hydroxylation is 1. The van der Waals surface area contributed by atoms with E-state index in [2.05, 4.69) is 61.9 Å². The predicted octanol–water partition coefficient (Wildman–Crippen LogP) is 2.13. The first-order valence-electron chi connectivity index (χ1n) is 7.04. The third-order valence-electron chi connectivity index (χ3n) is 4.02. The van der Waals surface area contributed by atoms with Crippen LogP contribution in [-0.2, 0) is 0 Å². The van der Waals surface area contributed by atoms with Crippen molar-refractivity contribution in [2.24, 2.45) is 5.41 Å². The molecule has 1 heterocycles. The van der Waals surface area contributed by atoms with Gasteiger partial charge in [0.05, 0.1) is 6.61 Å². The van der Waals surface area contributed by atoms with Gasteiger partial charge in [0.1, 0.15) is 0 Å². The zero-order valence-electron chi connectivity index (χ0n) is 12.6. The molecule has 1 atom stereocenters. The molecular formula is C16H26N2O. The van der Waals surface area contributed by atoms with Crippen molar-refractivity contribution >= 4 is 5.69 Å². The SMILES string of the molecule is Cc1ccccc1N1CC(CO)N(C)CC(C)(C)C1. The number of hydrogen-bond acceptors (Lipinski definition) is 3. The minimum absolute atomic E-state index is 0.210. The molecule has 0 spiro atoms. The van der Waals surface area contributed by atoms with Gasteiger partial charge in [-0.25, -0.2) is 0 Å². The summed E-state index contributed by atoms with van der Waals surface area (Å²) in [6.45, 7) is 9.91. The minimum Gasteiger partial charge on any atom is -0.395 e. The summed E-state index contributed by atoms with van der Waals surface area (Å²) < 4.78 is 0. The quantitative estimate of drug-likeness (QED) is 0.884. The average molecular weight is 262 g/mol. The molecular weight excluding hydrogens is 236 g/mol. The number of hydrogen-bond donors (Lipinski definition) is 1. The van der Waals surface area contributed by atoms with E-state index in [1.165, 1.54) is 11.3 Å². The zero-order chi connectivity index (χ0) is 14.0. The molecule has 1 aliphatic heterocycles. The van der Waals surface area contributed by atoms with Crippen LogP contribution < -0.4 is 4.90 Å². The van der Waals surface area contributed by atoms with Gasteiger partial charge in [0, 0.05) is 31.4 Å². The number of anilines is 1. The van der Waals surface area contributed by atoms with Crippen molar-refractivity contribution in [1.29, 1.82) is 0 Å². The van der Waals surface area contributed by atoms with E-state index < -0.39 is 0 Å². The van der Waals surface area contributed by atoms with E-state index in [0.717, 1.165) is 19.6 Å². The van der Waals surface area contributed by atoms with Crippen LogP contribution in [0.4, 0.5) is 5.69 Å². The molecule has 1 N–H and O–H groups in total. The molecule has 1 aromatic carbocycles. The Morgan fingerprint density at radius 2 is 1.95 bits per heavy atom. The monoisotopic (exact) mass is 262 g/mol. The average Bonchev–Trinajstić information content (AvgIpc) is 2.45. The minimum atomic E-state index is 0.210. The fourth-order valence-corrected chi connectivity index (χ4v) is 3.13. The van der Waals surface area contributed by atoms with E-state index in [0.29, 0.717) is 0 Å². The molecule has 1 saturated heterocycles. The van der Waals surface area contributed by atoms with Gasteiger partial charge in [0.15, 0.2) is 0 Å². The Hall–Kier alpha value is -1.06. The summed E-state index contributed by atoms with van der Waals surface area (Å²) >= 11 is 0. The summed E-state index contributed by atoms with van der Waals surface area (Å²) in [7, 11) is 2.12. The molecule has 1 aromatic rings. The van der Waals surface area contributed by atoms with Gasteiger partial charge in [-0.2, -0.15) is 0 Å². The highest BCUT2D eigenvalue weighted by Gasteiger charge is 2.32. The van der Waals surface area contributed by atoms with Gasteiger partial charge in [-0.15, -0.1) is 0 Å². The van der Waals surface area contributed by atoms with Crippen LogP contribution in [0.2, 0.25) is 0 Å². The zero-order valence-corrected chi connectivity index (χ0v) is 12.6.